The molecule has 2 N–H and O–H groups in total. The Hall–Kier alpha value is -3.15. The Morgan fingerprint density at radius 3 is 2.40 bits per heavy atom. The number of amides is 2. The molecule has 6 heteroatoms. The Labute approximate surface area is 237 Å². The zero-order valence-corrected chi connectivity index (χ0v) is 24.1. The van der Waals surface area contributed by atoms with Gasteiger partial charge in [-0.05, 0) is 104 Å². The molecule has 2 amide bonds. The minimum absolute atomic E-state index is 0.00160. The van der Waals surface area contributed by atoms with E-state index in [1.807, 2.05) is 12.1 Å². The number of nitrogens with one attached hydrogen (secondary N) is 2. The zero-order chi connectivity index (χ0) is 27.6. The first kappa shape index (κ1) is 25.8. The Morgan fingerprint density at radius 1 is 1.02 bits per heavy atom. The summed E-state index contributed by atoms with van der Waals surface area (Å²) in [5.74, 6) is 2.90. The van der Waals surface area contributed by atoms with Gasteiger partial charge in [-0.1, -0.05) is 38.1 Å². The minimum atomic E-state index is -0.0503. The highest BCUT2D eigenvalue weighted by atomic mass is 16.2. The lowest BCUT2D eigenvalue weighted by atomic mass is 9.53. The molecule has 5 aliphatic rings. The molecule has 3 aromatic rings. The van der Waals surface area contributed by atoms with Crippen molar-refractivity contribution in [2.24, 2.45) is 29.1 Å². The third kappa shape index (κ3) is 4.53. The van der Waals surface area contributed by atoms with E-state index in [-0.39, 0.29) is 35.2 Å². The standard InChI is InChI=1S/C34H42N4O2/c1-21-31(26-8-4-5-9-28(26)36-21)32-27(33(32,2)3)14-30(40)38(19-22-7-6-10-35-18-22)20-29(39)37-34-15-23-11-24(16-34)13-25(12-23)17-34/h4-10,18,23-25,27,32,36H,11-17,19-20H2,1-3H3,(H,37,39). The molecule has 2 atom stereocenters. The first-order valence-electron chi connectivity index (χ1n) is 15.3. The second-order valence-electron chi connectivity index (χ2n) is 14.2. The highest BCUT2D eigenvalue weighted by Crippen LogP contribution is 2.67. The van der Waals surface area contributed by atoms with E-state index >= 15 is 0 Å². The molecule has 0 spiro atoms. The van der Waals surface area contributed by atoms with Crippen LogP contribution in [0.15, 0.2) is 48.8 Å². The maximum atomic E-state index is 14.0. The van der Waals surface area contributed by atoms with Crippen molar-refractivity contribution in [1.29, 1.82) is 0 Å². The molecular weight excluding hydrogens is 496 g/mol. The predicted molar refractivity (Wildman–Crippen MR) is 156 cm³/mol. The van der Waals surface area contributed by atoms with E-state index in [2.05, 4.69) is 60.3 Å². The molecule has 4 bridgehead atoms. The fraction of sp³-hybridized carbons (Fsp3) is 0.559. The van der Waals surface area contributed by atoms with Gasteiger partial charge in [0.2, 0.25) is 11.8 Å². The first-order valence-corrected chi connectivity index (χ1v) is 15.3. The van der Waals surface area contributed by atoms with E-state index in [1.54, 1.807) is 17.3 Å². The number of para-hydroxylation sites is 1. The monoisotopic (exact) mass is 538 g/mol. The van der Waals surface area contributed by atoms with E-state index in [0.717, 1.165) is 48.1 Å². The number of carbonyl (C=O) groups is 2. The van der Waals surface area contributed by atoms with Gasteiger partial charge < -0.3 is 15.2 Å². The smallest absolute Gasteiger partial charge is 0.240 e. The lowest BCUT2D eigenvalue weighted by Crippen LogP contribution is -2.61. The van der Waals surface area contributed by atoms with Crippen LogP contribution < -0.4 is 5.32 Å². The van der Waals surface area contributed by atoms with Crippen LogP contribution >= 0.6 is 0 Å². The minimum Gasteiger partial charge on any atom is -0.358 e. The number of fused-ring (bicyclic) bond motifs is 1. The summed E-state index contributed by atoms with van der Waals surface area (Å²) in [5, 5.41) is 4.75. The molecule has 8 rings (SSSR count). The molecule has 40 heavy (non-hydrogen) atoms. The van der Waals surface area contributed by atoms with Crippen LogP contribution in [-0.4, -0.2) is 38.8 Å². The fourth-order valence-electron chi connectivity index (χ4n) is 9.43. The number of hydrogen-bond donors (Lipinski definition) is 2. The van der Waals surface area contributed by atoms with Gasteiger partial charge in [-0.2, -0.15) is 0 Å². The van der Waals surface area contributed by atoms with Crippen molar-refractivity contribution in [1.82, 2.24) is 20.2 Å². The molecule has 5 saturated carbocycles. The number of aryl methyl sites for hydroxylation is 1. The maximum absolute atomic E-state index is 14.0. The van der Waals surface area contributed by atoms with Crippen molar-refractivity contribution < 1.29 is 9.59 Å². The summed E-state index contributed by atoms with van der Waals surface area (Å²) in [6, 6.07) is 12.3. The van der Waals surface area contributed by atoms with Gasteiger partial charge in [0.05, 0.1) is 6.54 Å². The van der Waals surface area contributed by atoms with E-state index in [1.165, 1.54) is 35.9 Å². The normalized spacial score (nSPS) is 31.3. The van der Waals surface area contributed by atoms with Crippen LogP contribution in [0.25, 0.3) is 10.9 Å². The summed E-state index contributed by atoms with van der Waals surface area (Å²) < 4.78 is 0. The third-order valence-corrected chi connectivity index (χ3v) is 10.9. The third-order valence-electron chi connectivity index (χ3n) is 10.9. The molecule has 1 aromatic carbocycles. The number of pyridine rings is 1. The SMILES string of the molecule is Cc1[nH]c2ccccc2c1C1C(CC(=O)N(CC(=O)NC23CC4CC(CC(C4)C2)C3)Cc2cccnc2)C1(C)C. The molecular formula is C34H42N4O2. The van der Waals surface area contributed by atoms with Crippen molar-refractivity contribution in [3.05, 3.63) is 65.6 Å². The summed E-state index contributed by atoms with van der Waals surface area (Å²) in [5.41, 5.74) is 4.62. The Bertz CT molecular complexity index is 1410. The maximum Gasteiger partial charge on any atom is 0.240 e. The van der Waals surface area contributed by atoms with Gasteiger partial charge in [0, 0.05) is 47.5 Å². The average Bonchev–Trinajstić information content (AvgIpc) is 3.24. The van der Waals surface area contributed by atoms with Gasteiger partial charge in [0.1, 0.15) is 0 Å². The largest absolute Gasteiger partial charge is 0.358 e. The van der Waals surface area contributed by atoms with Crippen molar-refractivity contribution in [3.63, 3.8) is 0 Å². The summed E-state index contributed by atoms with van der Waals surface area (Å²) in [7, 11) is 0. The van der Waals surface area contributed by atoms with E-state index < -0.39 is 0 Å². The second-order valence-corrected chi connectivity index (χ2v) is 14.2. The van der Waals surface area contributed by atoms with Gasteiger partial charge in [-0.3, -0.25) is 14.6 Å². The molecule has 2 aromatic heterocycles. The van der Waals surface area contributed by atoms with E-state index in [9.17, 15) is 9.59 Å². The molecule has 6 nitrogen and oxygen atoms in total. The Morgan fingerprint density at radius 2 is 1.73 bits per heavy atom. The van der Waals surface area contributed by atoms with Crippen LogP contribution in [0, 0.1) is 36.0 Å². The van der Waals surface area contributed by atoms with Crippen LogP contribution in [0.5, 0.6) is 0 Å². The molecule has 0 saturated heterocycles. The Balaban J connectivity index is 1.09. The number of aromatic nitrogens is 2. The summed E-state index contributed by atoms with van der Waals surface area (Å²) in [4.78, 5) is 37.1. The van der Waals surface area contributed by atoms with Crippen molar-refractivity contribution >= 4 is 22.7 Å². The quantitative estimate of drug-likeness (QED) is 0.363. The molecule has 210 valence electrons. The lowest BCUT2D eigenvalue weighted by Gasteiger charge is -2.57. The topological polar surface area (TPSA) is 78.1 Å². The summed E-state index contributed by atoms with van der Waals surface area (Å²) >= 11 is 0. The highest BCUT2D eigenvalue weighted by molar-refractivity contribution is 5.88. The summed E-state index contributed by atoms with van der Waals surface area (Å²) in [6.07, 6.45) is 11.4. The van der Waals surface area contributed by atoms with E-state index in [0.29, 0.717) is 18.9 Å². The van der Waals surface area contributed by atoms with Gasteiger partial charge in [0.15, 0.2) is 0 Å². The predicted octanol–water partition coefficient (Wildman–Crippen LogP) is 6.11. The van der Waals surface area contributed by atoms with Crippen molar-refractivity contribution in [2.45, 2.75) is 83.7 Å². The zero-order valence-electron chi connectivity index (χ0n) is 24.1. The molecule has 0 aliphatic heterocycles. The molecule has 5 fully saturated rings. The van der Waals surface area contributed by atoms with Crippen LogP contribution in [0.4, 0.5) is 0 Å². The van der Waals surface area contributed by atoms with Gasteiger partial charge in [-0.25, -0.2) is 0 Å². The van der Waals surface area contributed by atoms with Crippen LogP contribution in [0.1, 0.15) is 81.5 Å². The highest BCUT2D eigenvalue weighted by Gasteiger charge is 2.60. The second kappa shape index (κ2) is 9.46. The van der Waals surface area contributed by atoms with Gasteiger partial charge in [0.25, 0.3) is 0 Å². The number of carbonyl (C=O) groups excluding carboxylic acids is 2. The summed E-state index contributed by atoms with van der Waals surface area (Å²) in [6.45, 7) is 7.22. The van der Waals surface area contributed by atoms with E-state index in [4.69, 9.17) is 0 Å². The number of nitrogens with zero attached hydrogens (tertiary/aromatic N) is 2. The fourth-order valence-corrected chi connectivity index (χ4v) is 9.43. The molecule has 2 heterocycles. The van der Waals surface area contributed by atoms with Crippen LogP contribution in [0.3, 0.4) is 0 Å². The Kier molecular flexibility index (Phi) is 6.10. The molecule has 2 unspecified atom stereocenters. The number of hydrogen-bond acceptors (Lipinski definition) is 3. The van der Waals surface area contributed by atoms with Gasteiger partial charge >= 0.3 is 0 Å². The first-order chi connectivity index (χ1) is 19.2. The average molecular weight is 539 g/mol. The molecule has 5 aliphatic carbocycles. The number of benzene rings is 1. The molecule has 0 radical (unpaired) electrons. The lowest BCUT2D eigenvalue weighted by molar-refractivity contribution is -0.139. The van der Waals surface area contributed by atoms with Crippen molar-refractivity contribution in [3.8, 4) is 0 Å². The van der Waals surface area contributed by atoms with Crippen LogP contribution in [0.2, 0.25) is 0 Å². The van der Waals surface area contributed by atoms with Crippen molar-refractivity contribution in [2.75, 3.05) is 6.54 Å². The van der Waals surface area contributed by atoms with Gasteiger partial charge in [-0.15, -0.1) is 0 Å². The number of aromatic amines is 1. The number of H-pyrrole nitrogens is 1. The van der Waals surface area contributed by atoms with Crippen LogP contribution in [-0.2, 0) is 16.1 Å². The number of rotatable bonds is 8.